The number of hydrogen-bond donors (Lipinski definition) is 1. The van der Waals surface area contributed by atoms with Gasteiger partial charge in [0.2, 0.25) is 0 Å². The molecule has 0 heterocycles. The summed E-state index contributed by atoms with van der Waals surface area (Å²) in [6.45, 7) is 2.12. The Kier molecular flexibility index (Phi) is 4.02. The van der Waals surface area contributed by atoms with Crippen LogP contribution in [-0.4, -0.2) is 18.4 Å². The van der Waals surface area contributed by atoms with Gasteiger partial charge < -0.3 is 4.74 Å². The Labute approximate surface area is 77.7 Å². The number of amides is 1. The van der Waals surface area contributed by atoms with Crippen molar-refractivity contribution in [1.29, 1.82) is 0 Å². The van der Waals surface area contributed by atoms with Gasteiger partial charge in [0.25, 0.3) is 0 Å². The second-order valence-electron chi connectivity index (χ2n) is 2.73. The van der Waals surface area contributed by atoms with Crippen LogP contribution >= 0.6 is 0 Å². The van der Waals surface area contributed by atoms with E-state index in [-0.39, 0.29) is 0 Å². The molecule has 0 atom stereocenters. The van der Waals surface area contributed by atoms with Gasteiger partial charge in [-0.15, -0.1) is 0 Å². The van der Waals surface area contributed by atoms with Gasteiger partial charge in [0.15, 0.2) is 0 Å². The molecular weight excluding hydrogens is 168 g/mol. The van der Waals surface area contributed by atoms with Crippen LogP contribution in [-0.2, 0) is 4.74 Å². The SMILES string of the molecule is CCOC(=O)N/N=C1/C=CCCC1. The number of carbonyl (C=O) groups excluding carboxylic acids is 1. The molecule has 0 aromatic rings. The fourth-order valence-electron chi connectivity index (χ4n) is 1.08. The largest absolute Gasteiger partial charge is 0.449 e. The number of hydrazone groups is 1. The van der Waals surface area contributed by atoms with Crippen LogP contribution in [0.3, 0.4) is 0 Å². The lowest BCUT2D eigenvalue weighted by Crippen LogP contribution is -2.20. The molecule has 72 valence electrons. The van der Waals surface area contributed by atoms with E-state index >= 15 is 0 Å². The first kappa shape index (κ1) is 9.77. The highest BCUT2D eigenvalue weighted by atomic mass is 16.5. The third kappa shape index (κ3) is 3.73. The van der Waals surface area contributed by atoms with Gasteiger partial charge in [-0.3, -0.25) is 0 Å². The lowest BCUT2D eigenvalue weighted by Gasteiger charge is -2.06. The van der Waals surface area contributed by atoms with Gasteiger partial charge in [-0.2, -0.15) is 5.10 Å². The number of carbonyl (C=O) groups is 1. The molecule has 1 aliphatic carbocycles. The standard InChI is InChI=1S/C9H14N2O2/c1-2-13-9(12)11-10-8-6-4-3-5-7-8/h4,6H,2-3,5,7H2,1H3,(H,11,12)/b10-8-. The van der Waals surface area contributed by atoms with Gasteiger partial charge in [0, 0.05) is 0 Å². The molecule has 0 bridgehead atoms. The third-order valence-electron chi connectivity index (χ3n) is 1.68. The summed E-state index contributed by atoms with van der Waals surface area (Å²) in [6, 6.07) is 0. The van der Waals surface area contributed by atoms with Crippen molar-refractivity contribution < 1.29 is 9.53 Å². The molecule has 1 N–H and O–H groups in total. The number of allylic oxidation sites excluding steroid dienone is 2. The first-order valence-electron chi connectivity index (χ1n) is 4.49. The summed E-state index contributed by atoms with van der Waals surface area (Å²) in [7, 11) is 0. The maximum Gasteiger partial charge on any atom is 0.427 e. The van der Waals surface area contributed by atoms with E-state index in [4.69, 9.17) is 0 Å². The lowest BCUT2D eigenvalue weighted by molar-refractivity contribution is 0.152. The van der Waals surface area contributed by atoms with Crippen molar-refractivity contribution >= 4 is 11.8 Å². The van der Waals surface area contributed by atoms with Gasteiger partial charge in [0.1, 0.15) is 0 Å². The van der Waals surface area contributed by atoms with Crippen LogP contribution in [0.2, 0.25) is 0 Å². The van der Waals surface area contributed by atoms with Crippen LogP contribution in [0.25, 0.3) is 0 Å². The molecule has 0 aliphatic heterocycles. The summed E-state index contributed by atoms with van der Waals surface area (Å²) in [5.74, 6) is 0. The average molecular weight is 182 g/mol. The van der Waals surface area contributed by atoms with Crippen molar-refractivity contribution in [3.05, 3.63) is 12.2 Å². The number of rotatable bonds is 2. The minimum atomic E-state index is -0.492. The van der Waals surface area contributed by atoms with Gasteiger partial charge in [-0.05, 0) is 32.3 Å². The maximum atomic E-state index is 10.8. The Morgan fingerprint density at radius 2 is 2.62 bits per heavy atom. The van der Waals surface area contributed by atoms with E-state index in [2.05, 4.69) is 21.3 Å². The van der Waals surface area contributed by atoms with E-state index in [0.717, 1.165) is 25.0 Å². The van der Waals surface area contributed by atoms with Crippen LogP contribution in [0.5, 0.6) is 0 Å². The molecule has 0 saturated carbocycles. The number of nitrogens with zero attached hydrogens (tertiary/aromatic N) is 1. The summed E-state index contributed by atoms with van der Waals surface area (Å²) >= 11 is 0. The Morgan fingerprint density at radius 1 is 1.77 bits per heavy atom. The van der Waals surface area contributed by atoms with E-state index in [1.54, 1.807) is 6.92 Å². The van der Waals surface area contributed by atoms with Gasteiger partial charge in [-0.1, -0.05) is 6.08 Å². The summed E-state index contributed by atoms with van der Waals surface area (Å²) in [4.78, 5) is 10.8. The molecule has 1 amide bonds. The third-order valence-corrected chi connectivity index (χ3v) is 1.68. The second kappa shape index (κ2) is 5.35. The molecular formula is C9H14N2O2. The zero-order valence-corrected chi connectivity index (χ0v) is 7.75. The lowest BCUT2D eigenvalue weighted by atomic mass is 10.1. The molecule has 1 aliphatic rings. The minimum absolute atomic E-state index is 0.368. The van der Waals surface area contributed by atoms with Crippen LogP contribution in [0.4, 0.5) is 4.79 Å². The molecule has 0 fully saturated rings. The van der Waals surface area contributed by atoms with Gasteiger partial charge in [-0.25, -0.2) is 10.2 Å². The fraction of sp³-hybridized carbons (Fsp3) is 0.556. The summed E-state index contributed by atoms with van der Waals surface area (Å²) in [5.41, 5.74) is 3.23. The van der Waals surface area contributed by atoms with E-state index < -0.39 is 6.09 Å². The molecule has 0 aromatic carbocycles. The maximum absolute atomic E-state index is 10.8. The summed E-state index contributed by atoms with van der Waals surface area (Å²) < 4.78 is 4.65. The van der Waals surface area contributed by atoms with E-state index in [1.807, 2.05) is 6.08 Å². The Morgan fingerprint density at radius 3 is 3.23 bits per heavy atom. The number of ether oxygens (including phenoxy) is 1. The number of nitrogens with one attached hydrogen (secondary N) is 1. The first-order chi connectivity index (χ1) is 6.33. The van der Waals surface area contributed by atoms with Gasteiger partial charge >= 0.3 is 6.09 Å². The predicted octanol–water partition coefficient (Wildman–Crippen LogP) is 1.83. The first-order valence-corrected chi connectivity index (χ1v) is 4.49. The summed E-state index contributed by atoms with van der Waals surface area (Å²) in [6.07, 6.45) is 6.60. The zero-order valence-electron chi connectivity index (χ0n) is 7.75. The molecule has 4 nitrogen and oxygen atoms in total. The van der Waals surface area contributed by atoms with Crippen molar-refractivity contribution in [2.75, 3.05) is 6.61 Å². The molecule has 13 heavy (non-hydrogen) atoms. The molecule has 0 unspecified atom stereocenters. The highest BCUT2D eigenvalue weighted by molar-refractivity contribution is 5.95. The molecule has 0 spiro atoms. The van der Waals surface area contributed by atoms with Crippen LogP contribution in [0.1, 0.15) is 26.2 Å². The smallest absolute Gasteiger partial charge is 0.427 e. The minimum Gasteiger partial charge on any atom is -0.449 e. The number of hydrogen-bond acceptors (Lipinski definition) is 3. The van der Waals surface area contributed by atoms with Crippen LogP contribution < -0.4 is 5.43 Å². The van der Waals surface area contributed by atoms with E-state index in [9.17, 15) is 4.79 Å². The highest BCUT2D eigenvalue weighted by Gasteiger charge is 2.02. The fourth-order valence-corrected chi connectivity index (χ4v) is 1.08. The average Bonchev–Trinajstić information content (AvgIpc) is 2.17. The predicted molar refractivity (Wildman–Crippen MR) is 50.6 cm³/mol. The normalized spacial score (nSPS) is 18.7. The molecule has 0 saturated heterocycles. The van der Waals surface area contributed by atoms with Crippen molar-refractivity contribution in [1.82, 2.24) is 5.43 Å². The monoisotopic (exact) mass is 182 g/mol. The highest BCUT2D eigenvalue weighted by Crippen LogP contribution is 2.06. The van der Waals surface area contributed by atoms with Crippen LogP contribution in [0, 0.1) is 0 Å². The Bertz CT molecular complexity index is 234. The van der Waals surface area contributed by atoms with Crippen molar-refractivity contribution in [3.63, 3.8) is 0 Å². The van der Waals surface area contributed by atoms with Gasteiger partial charge in [0.05, 0.1) is 12.3 Å². The molecule has 1 rings (SSSR count). The van der Waals surface area contributed by atoms with Crippen molar-refractivity contribution in [2.45, 2.75) is 26.2 Å². The Balaban J connectivity index is 2.33. The molecule has 4 heteroatoms. The Hall–Kier alpha value is -1.32. The molecule has 0 radical (unpaired) electrons. The topological polar surface area (TPSA) is 50.7 Å². The zero-order chi connectivity index (χ0) is 9.52. The van der Waals surface area contributed by atoms with Crippen molar-refractivity contribution in [2.24, 2.45) is 5.10 Å². The van der Waals surface area contributed by atoms with Crippen molar-refractivity contribution in [3.8, 4) is 0 Å². The van der Waals surface area contributed by atoms with Crippen LogP contribution in [0.15, 0.2) is 17.3 Å². The van der Waals surface area contributed by atoms with E-state index in [1.165, 1.54) is 0 Å². The molecule has 0 aromatic heterocycles. The second-order valence-corrected chi connectivity index (χ2v) is 2.73. The quantitative estimate of drug-likeness (QED) is 0.662. The summed E-state index contributed by atoms with van der Waals surface area (Å²) in [5, 5.41) is 3.91. The van der Waals surface area contributed by atoms with E-state index in [0.29, 0.717) is 6.61 Å².